The van der Waals surface area contributed by atoms with Gasteiger partial charge >= 0.3 is 0 Å². The van der Waals surface area contributed by atoms with E-state index in [1.54, 1.807) is 4.68 Å². The molecule has 1 heterocycles. The third kappa shape index (κ3) is 1.05. The first kappa shape index (κ1) is 6.85. The highest BCUT2D eigenvalue weighted by Crippen LogP contribution is 2.36. The van der Waals surface area contributed by atoms with E-state index >= 15 is 0 Å². The van der Waals surface area contributed by atoms with Crippen LogP contribution in [0.4, 0.5) is 0 Å². The van der Waals surface area contributed by atoms with Crippen molar-refractivity contribution in [3.05, 3.63) is 16.9 Å². The first-order valence-electron chi connectivity index (χ1n) is 3.51. The third-order valence-corrected chi connectivity index (χ3v) is 2.17. The zero-order valence-electron chi connectivity index (χ0n) is 5.83. The molecule has 2 rings (SSSR count). The molecule has 0 spiro atoms. The van der Waals surface area contributed by atoms with Crippen LogP contribution in [0.15, 0.2) is 6.20 Å². The number of carbonyl (C=O) groups is 1. The maximum absolute atomic E-state index is 10.3. The van der Waals surface area contributed by atoms with Crippen LogP contribution < -0.4 is 0 Å². The topological polar surface area (TPSA) is 34.9 Å². The van der Waals surface area contributed by atoms with Gasteiger partial charge in [-0.1, -0.05) is 11.6 Å². The van der Waals surface area contributed by atoms with Crippen LogP contribution in [0.25, 0.3) is 0 Å². The molecule has 0 bridgehead atoms. The molecule has 1 aromatic rings. The van der Waals surface area contributed by atoms with Gasteiger partial charge in [0.05, 0.1) is 17.8 Å². The largest absolute Gasteiger partial charge is 0.298 e. The summed E-state index contributed by atoms with van der Waals surface area (Å²) in [5.41, 5.74) is 0.485. The Morgan fingerprint density at radius 2 is 2.45 bits per heavy atom. The number of nitrogens with zero attached hydrogens (tertiary/aromatic N) is 2. The molecule has 0 unspecified atom stereocenters. The SMILES string of the molecule is O=Cc1cnn(C2CC2)c1Cl. The molecule has 0 aromatic carbocycles. The molecule has 0 atom stereocenters. The van der Waals surface area contributed by atoms with Gasteiger partial charge in [-0.25, -0.2) is 0 Å². The van der Waals surface area contributed by atoms with Crippen molar-refractivity contribution < 1.29 is 4.79 Å². The minimum Gasteiger partial charge on any atom is -0.298 e. The third-order valence-electron chi connectivity index (χ3n) is 1.78. The van der Waals surface area contributed by atoms with Gasteiger partial charge in [0.1, 0.15) is 5.15 Å². The molecule has 0 amide bonds. The Labute approximate surface area is 69.0 Å². The molecule has 0 radical (unpaired) electrons. The second kappa shape index (κ2) is 2.34. The van der Waals surface area contributed by atoms with Crippen molar-refractivity contribution in [2.24, 2.45) is 0 Å². The Morgan fingerprint density at radius 1 is 1.73 bits per heavy atom. The number of hydrogen-bond donors (Lipinski definition) is 0. The van der Waals surface area contributed by atoms with Gasteiger partial charge in [0.15, 0.2) is 6.29 Å². The Kier molecular flexibility index (Phi) is 1.46. The van der Waals surface area contributed by atoms with Crippen LogP contribution in [0.1, 0.15) is 29.2 Å². The van der Waals surface area contributed by atoms with Gasteiger partial charge in [-0.15, -0.1) is 0 Å². The molecular weight excluding hydrogens is 164 g/mol. The molecule has 11 heavy (non-hydrogen) atoms. The Hall–Kier alpha value is -0.830. The standard InChI is InChI=1S/C7H7ClN2O/c8-7-5(4-11)3-9-10(7)6-1-2-6/h3-4,6H,1-2H2. The highest BCUT2D eigenvalue weighted by atomic mass is 35.5. The van der Waals surface area contributed by atoms with Crippen LogP contribution in [-0.2, 0) is 0 Å². The Morgan fingerprint density at radius 3 is 2.91 bits per heavy atom. The van der Waals surface area contributed by atoms with Gasteiger partial charge < -0.3 is 0 Å². The quantitative estimate of drug-likeness (QED) is 0.633. The summed E-state index contributed by atoms with van der Waals surface area (Å²) in [5.74, 6) is 0. The van der Waals surface area contributed by atoms with Gasteiger partial charge in [-0.2, -0.15) is 5.10 Å². The van der Waals surface area contributed by atoms with E-state index in [0.717, 1.165) is 19.1 Å². The molecule has 4 heteroatoms. The van der Waals surface area contributed by atoms with Crippen LogP contribution in [0.3, 0.4) is 0 Å². The smallest absolute Gasteiger partial charge is 0.154 e. The average Bonchev–Trinajstić information content (AvgIpc) is 2.77. The number of aromatic nitrogens is 2. The minimum atomic E-state index is 0.441. The van der Waals surface area contributed by atoms with Gasteiger partial charge in [-0.3, -0.25) is 9.48 Å². The zero-order valence-corrected chi connectivity index (χ0v) is 6.58. The van der Waals surface area contributed by atoms with Crippen molar-refractivity contribution in [3.8, 4) is 0 Å². The van der Waals surface area contributed by atoms with Crippen molar-refractivity contribution in [1.29, 1.82) is 0 Å². The maximum Gasteiger partial charge on any atom is 0.154 e. The molecule has 0 N–H and O–H groups in total. The van der Waals surface area contributed by atoms with Gasteiger partial charge in [-0.05, 0) is 12.8 Å². The highest BCUT2D eigenvalue weighted by molar-refractivity contribution is 6.31. The van der Waals surface area contributed by atoms with E-state index in [1.807, 2.05) is 0 Å². The summed E-state index contributed by atoms with van der Waals surface area (Å²) >= 11 is 5.83. The molecule has 1 saturated carbocycles. The van der Waals surface area contributed by atoms with Crippen molar-refractivity contribution in [2.75, 3.05) is 0 Å². The van der Waals surface area contributed by atoms with E-state index in [1.165, 1.54) is 6.20 Å². The number of halogens is 1. The fourth-order valence-corrected chi connectivity index (χ4v) is 1.29. The molecule has 1 aliphatic rings. The molecule has 1 fully saturated rings. The molecular formula is C7H7ClN2O. The summed E-state index contributed by atoms with van der Waals surface area (Å²) in [7, 11) is 0. The summed E-state index contributed by atoms with van der Waals surface area (Å²) in [5, 5.41) is 4.48. The van der Waals surface area contributed by atoms with Gasteiger partial charge in [0, 0.05) is 0 Å². The van der Waals surface area contributed by atoms with Gasteiger partial charge in [0.2, 0.25) is 0 Å². The normalized spacial score (nSPS) is 16.8. The summed E-state index contributed by atoms with van der Waals surface area (Å²) in [4.78, 5) is 10.3. The predicted octanol–water partition coefficient (Wildman–Crippen LogP) is 1.68. The summed E-state index contributed by atoms with van der Waals surface area (Å²) in [6, 6.07) is 0.441. The number of hydrogen-bond acceptors (Lipinski definition) is 2. The lowest BCUT2D eigenvalue weighted by molar-refractivity contribution is 0.112. The summed E-state index contributed by atoms with van der Waals surface area (Å²) in [6.07, 6.45) is 4.49. The van der Waals surface area contributed by atoms with Crippen LogP contribution >= 0.6 is 11.6 Å². The van der Waals surface area contributed by atoms with Gasteiger partial charge in [0.25, 0.3) is 0 Å². The first-order valence-corrected chi connectivity index (χ1v) is 3.89. The average molecular weight is 171 g/mol. The van der Waals surface area contributed by atoms with Crippen molar-refractivity contribution in [3.63, 3.8) is 0 Å². The summed E-state index contributed by atoms with van der Waals surface area (Å²) < 4.78 is 1.71. The maximum atomic E-state index is 10.3. The van der Waals surface area contributed by atoms with E-state index < -0.39 is 0 Å². The lowest BCUT2D eigenvalue weighted by Gasteiger charge is -1.96. The van der Waals surface area contributed by atoms with E-state index in [4.69, 9.17) is 11.6 Å². The molecule has 0 aliphatic heterocycles. The van der Waals surface area contributed by atoms with Crippen LogP contribution in [0.5, 0.6) is 0 Å². The number of carbonyl (C=O) groups excluding carboxylic acids is 1. The van der Waals surface area contributed by atoms with Crippen molar-refractivity contribution in [2.45, 2.75) is 18.9 Å². The number of aldehydes is 1. The van der Waals surface area contributed by atoms with Crippen molar-refractivity contribution >= 4 is 17.9 Å². The molecule has 1 aromatic heterocycles. The predicted molar refractivity (Wildman–Crippen MR) is 40.9 cm³/mol. The fourth-order valence-electron chi connectivity index (χ4n) is 1.01. The van der Waals surface area contributed by atoms with E-state index in [2.05, 4.69) is 5.10 Å². The van der Waals surface area contributed by atoms with E-state index in [9.17, 15) is 4.79 Å². The first-order chi connectivity index (χ1) is 5.33. The zero-order chi connectivity index (χ0) is 7.84. The lowest BCUT2D eigenvalue weighted by Crippen LogP contribution is -1.95. The number of rotatable bonds is 2. The van der Waals surface area contributed by atoms with E-state index in [-0.39, 0.29) is 0 Å². The molecule has 0 saturated heterocycles. The highest BCUT2D eigenvalue weighted by Gasteiger charge is 2.27. The minimum absolute atomic E-state index is 0.441. The second-order valence-corrected chi connectivity index (χ2v) is 3.04. The fraction of sp³-hybridized carbons (Fsp3) is 0.429. The van der Waals surface area contributed by atoms with E-state index in [0.29, 0.717) is 16.8 Å². The monoisotopic (exact) mass is 170 g/mol. The van der Waals surface area contributed by atoms with Crippen LogP contribution in [0.2, 0.25) is 5.15 Å². The van der Waals surface area contributed by atoms with Crippen LogP contribution in [0, 0.1) is 0 Å². The second-order valence-electron chi connectivity index (χ2n) is 2.68. The molecule has 58 valence electrons. The van der Waals surface area contributed by atoms with Crippen molar-refractivity contribution in [1.82, 2.24) is 9.78 Å². The van der Waals surface area contributed by atoms with Crippen LogP contribution in [-0.4, -0.2) is 16.1 Å². The molecule has 1 aliphatic carbocycles. The summed E-state index contributed by atoms with van der Waals surface area (Å²) in [6.45, 7) is 0. The Balaban J connectivity index is 2.40. The Bertz CT molecular complexity index is 291. The molecule has 3 nitrogen and oxygen atoms in total. The lowest BCUT2D eigenvalue weighted by atomic mass is 10.4.